The number of benzene rings is 1. The van der Waals surface area contributed by atoms with Crippen LogP contribution in [-0.4, -0.2) is 26.1 Å². The lowest BCUT2D eigenvalue weighted by Crippen LogP contribution is -2.11. The highest BCUT2D eigenvalue weighted by Crippen LogP contribution is 2.27. The summed E-state index contributed by atoms with van der Waals surface area (Å²) in [6, 6.07) is 7.86. The van der Waals surface area contributed by atoms with Gasteiger partial charge in [0.2, 0.25) is 0 Å². The lowest BCUT2D eigenvalue weighted by Gasteiger charge is -2.19. The maximum absolute atomic E-state index is 11.4. The van der Waals surface area contributed by atoms with E-state index in [0.29, 0.717) is 12.2 Å². The van der Waals surface area contributed by atoms with Crippen molar-refractivity contribution < 1.29 is 9.90 Å². The van der Waals surface area contributed by atoms with Crippen LogP contribution < -0.4 is 0 Å². The summed E-state index contributed by atoms with van der Waals surface area (Å²) in [5.41, 5.74) is 3.38. The van der Waals surface area contributed by atoms with Gasteiger partial charge in [0.1, 0.15) is 5.69 Å². The minimum absolute atomic E-state index is 0.0373. The van der Waals surface area contributed by atoms with Crippen LogP contribution in [0.4, 0.5) is 0 Å². The summed E-state index contributed by atoms with van der Waals surface area (Å²) in [4.78, 5) is 11.4. The van der Waals surface area contributed by atoms with Gasteiger partial charge < -0.3 is 5.11 Å². The molecular weight excluding hydrogens is 278 g/mol. The van der Waals surface area contributed by atoms with Crippen LogP contribution in [0.3, 0.4) is 0 Å². The van der Waals surface area contributed by atoms with Gasteiger partial charge in [0.25, 0.3) is 0 Å². The van der Waals surface area contributed by atoms with Gasteiger partial charge in [-0.25, -0.2) is 9.48 Å². The first-order chi connectivity index (χ1) is 10.2. The molecule has 5 heteroatoms. The van der Waals surface area contributed by atoms with E-state index in [1.165, 1.54) is 5.56 Å². The summed E-state index contributed by atoms with van der Waals surface area (Å²) in [6.45, 7) is 12.6. The molecule has 0 aliphatic rings. The van der Waals surface area contributed by atoms with Gasteiger partial charge in [-0.05, 0) is 17.9 Å². The largest absolute Gasteiger partial charge is 0.476 e. The van der Waals surface area contributed by atoms with Crippen molar-refractivity contribution in [2.24, 2.45) is 0 Å². The van der Waals surface area contributed by atoms with E-state index in [4.69, 9.17) is 0 Å². The van der Waals surface area contributed by atoms with E-state index in [9.17, 15) is 9.90 Å². The third-order valence-electron chi connectivity index (χ3n) is 3.38. The number of carboxylic acids is 1. The highest BCUT2D eigenvalue weighted by molar-refractivity contribution is 5.92. The van der Waals surface area contributed by atoms with Crippen molar-refractivity contribution in [2.75, 3.05) is 0 Å². The van der Waals surface area contributed by atoms with Gasteiger partial charge >= 0.3 is 5.97 Å². The second-order valence-electron chi connectivity index (χ2n) is 6.53. The molecule has 116 valence electrons. The normalized spacial score (nSPS) is 11.5. The predicted molar refractivity (Wildman–Crippen MR) is 85.9 cm³/mol. The van der Waals surface area contributed by atoms with Crippen LogP contribution in [0.1, 0.15) is 43.7 Å². The molecule has 1 aromatic heterocycles. The molecule has 0 amide bonds. The minimum atomic E-state index is -1.08. The van der Waals surface area contributed by atoms with Gasteiger partial charge in [0.05, 0.1) is 6.54 Å². The summed E-state index contributed by atoms with van der Waals surface area (Å²) < 4.78 is 1.58. The Bertz CT molecular complexity index is 706. The van der Waals surface area contributed by atoms with Crippen molar-refractivity contribution in [2.45, 2.75) is 39.7 Å². The molecule has 0 saturated heterocycles. The van der Waals surface area contributed by atoms with Gasteiger partial charge in [-0.15, -0.1) is 5.10 Å². The fourth-order valence-electron chi connectivity index (χ4n) is 2.24. The fraction of sp³-hybridized carbons (Fsp3) is 0.353. The van der Waals surface area contributed by atoms with Gasteiger partial charge in [0.15, 0.2) is 5.69 Å². The van der Waals surface area contributed by atoms with Crippen LogP contribution >= 0.6 is 0 Å². The Labute approximate surface area is 130 Å². The fourth-order valence-corrected chi connectivity index (χ4v) is 2.24. The second-order valence-corrected chi connectivity index (χ2v) is 6.53. The third kappa shape index (κ3) is 3.24. The molecule has 0 aliphatic carbocycles. The lowest BCUT2D eigenvalue weighted by molar-refractivity contribution is 0.0691. The maximum Gasteiger partial charge on any atom is 0.358 e. The Hall–Kier alpha value is -2.43. The molecule has 0 aliphatic heterocycles. The summed E-state index contributed by atoms with van der Waals surface area (Å²) in [5, 5.41) is 17.1. The number of aromatic nitrogens is 3. The zero-order chi connectivity index (χ0) is 16.5. The van der Waals surface area contributed by atoms with Crippen molar-refractivity contribution in [1.29, 1.82) is 0 Å². The molecule has 0 bridgehead atoms. The van der Waals surface area contributed by atoms with E-state index in [1.807, 2.05) is 31.2 Å². The van der Waals surface area contributed by atoms with Crippen LogP contribution in [0.25, 0.3) is 11.3 Å². The smallest absolute Gasteiger partial charge is 0.358 e. The zero-order valence-corrected chi connectivity index (χ0v) is 13.4. The monoisotopic (exact) mass is 299 g/mol. The first kappa shape index (κ1) is 15.9. The molecular formula is C17H21N3O2. The van der Waals surface area contributed by atoms with E-state index >= 15 is 0 Å². The average molecular weight is 299 g/mol. The van der Waals surface area contributed by atoms with Crippen molar-refractivity contribution in [3.05, 3.63) is 47.7 Å². The molecule has 0 radical (unpaired) electrons. The highest BCUT2D eigenvalue weighted by Gasteiger charge is 2.21. The summed E-state index contributed by atoms with van der Waals surface area (Å²) in [6.07, 6.45) is 0. The van der Waals surface area contributed by atoms with Gasteiger partial charge in [-0.2, -0.15) is 0 Å². The number of aromatic carboxylic acids is 1. The van der Waals surface area contributed by atoms with E-state index in [0.717, 1.165) is 11.1 Å². The highest BCUT2D eigenvalue weighted by atomic mass is 16.4. The standard InChI is InChI=1S/C17H21N3O2/c1-11(2)10-20-15(14(16(21)22)18-19-20)12-6-8-13(9-7-12)17(3,4)5/h6-9H,1,10H2,2-5H3,(H,21,22). The number of carboxylic acid groups (broad SMARTS) is 1. The van der Waals surface area contributed by atoms with Crippen molar-refractivity contribution >= 4 is 5.97 Å². The van der Waals surface area contributed by atoms with E-state index in [2.05, 4.69) is 37.7 Å². The maximum atomic E-state index is 11.4. The molecule has 2 rings (SSSR count). The van der Waals surface area contributed by atoms with Crippen LogP contribution in [0.5, 0.6) is 0 Å². The zero-order valence-electron chi connectivity index (χ0n) is 13.4. The van der Waals surface area contributed by atoms with Crippen LogP contribution in [-0.2, 0) is 12.0 Å². The number of nitrogens with zero attached hydrogens (tertiary/aromatic N) is 3. The summed E-state index contributed by atoms with van der Waals surface area (Å²) in [7, 11) is 0. The Kier molecular flexibility index (Phi) is 4.17. The summed E-state index contributed by atoms with van der Waals surface area (Å²) in [5.74, 6) is -1.08. The third-order valence-corrected chi connectivity index (χ3v) is 3.38. The summed E-state index contributed by atoms with van der Waals surface area (Å²) >= 11 is 0. The number of rotatable bonds is 4. The minimum Gasteiger partial charge on any atom is -0.476 e. The number of hydrogen-bond donors (Lipinski definition) is 1. The van der Waals surface area contributed by atoms with E-state index < -0.39 is 5.97 Å². The number of allylic oxidation sites excluding steroid dienone is 1. The Morgan fingerprint density at radius 2 is 1.86 bits per heavy atom. The number of carbonyl (C=O) groups is 1. The molecule has 0 spiro atoms. The van der Waals surface area contributed by atoms with Gasteiger partial charge in [-0.3, -0.25) is 0 Å². The number of hydrogen-bond acceptors (Lipinski definition) is 3. The molecule has 5 nitrogen and oxygen atoms in total. The first-order valence-electron chi connectivity index (χ1n) is 7.12. The molecule has 0 saturated carbocycles. The Balaban J connectivity index is 2.52. The average Bonchev–Trinajstić information content (AvgIpc) is 2.81. The molecule has 1 aromatic carbocycles. The molecule has 22 heavy (non-hydrogen) atoms. The lowest BCUT2D eigenvalue weighted by atomic mass is 9.86. The van der Waals surface area contributed by atoms with E-state index in [1.54, 1.807) is 4.68 Å². The molecule has 1 N–H and O–H groups in total. The molecule has 0 fully saturated rings. The van der Waals surface area contributed by atoms with Crippen molar-refractivity contribution in [3.63, 3.8) is 0 Å². The van der Waals surface area contributed by atoms with Crippen LogP contribution in [0.2, 0.25) is 0 Å². The first-order valence-corrected chi connectivity index (χ1v) is 7.12. The molecule has 2 aromatic rings. The van der Waals surface area contributed by atoms with E-state index in [-0.39, 0.29) is 11.1 Å². The van der Waals surface area contributed by atoms with Crippen molar-refractivity contribution in [1.82, 2.24) is 15.0 Å². The molecule has 0 atom stereocenters. The Morgan fingerprint density at radius 1 is 1.27 bits per heavy atom. The molecule has 1 heterocycles. The van der Waals surface area contributed by atoms with Crippen LogP contribution in [0.15, 0.2) is 36.4 Å². The quantitative estimate of drug-likeness (QED) is 0.877. The van der Waals surface area contributed by atoms with Crippen molar-refractivity contribution in [3.8, 4) is 11.3 Å². The van der Waals surface area contributed by atoms with Crippen LogP contribution in [0, 0.1) is 0 Å². The topological polar surface area (TPSA) is 68.0 Å². The predicted octanol–water partition coefficient (Wildman–Crippen LogP) is 3.52. The molecule has 0 unspecified atom stereocenters. The SMILES string of the molecule is C=C(C)Cn1nnc(C(=O)O)c1-c1ccc(C(C)(C)C)cc1. The van der Waals surface area contributed by atoms with Gasteiger partial charge in [-0.1, -0.05) is 62.4 Å². The Morgan fingerprint density at radius 3 is 2.32 bits per heavy atom. The second kappa shape index (κ2) is 5.75. The van der Waals surface area contributed by atoms with Gasteiger partial charge in [0, 0.05) is 5.56 Å².